The molecule has 0 unspecified atom stereocenters. The molecule has 3 N–H and O–H groups in total. The third-order valence-electron chi connectivity index (χ3n) is 5.11. The van der Waals surface area contributed by atoms with E-state index in [4.69, 9.17) is 5.11 Å². The van der Waals surface area contributed by atoms with Crippen molar-refractivity contribution in [3.63, 3.8) is 0 Å². The maximum atomic E-state index is 10.7. The molecule has 0 aliphatic heterocycles. The number of carboxylic acid groups (broad SMARTS) is 1. The predicted octanol–water partition coefficient (Wildman–Crippen LogP) is 2.58. The number of anilines is 1. The molecule has 24 heavy (non-hydrogen) atoms. The van der Waals surface area contributed by atoms with Crippen LogP contribution in [0.5, 0.6) is 0 Å². The third-order valence-corrected chi connectivity index (χ3v) is 6.31. The molecule has 0 radical (unpaired) electrons. The second kappa shape index (κ2) is 6.64. The van der Waals surface area contributed by atoms with Crippen LogP contribution in [0.25, 0.3) is 10.2 Å². The molecule has 2 heterocycles. The number of fused-ring (bicyclic) bond motifs is 3. The Morgan fingerprint density at radius 3 is 2.79 bits per heavy atom. The summed E-state index contributed by atoms with van der Waals surface area (Å²) in [6, 6.07) is 0.720. The number of carbonyl (C=O) groups is 1. The third kappa shape index (κ3) is 3.10. The van der Waals surface area contributed by atoms with Crippen LogP contribution in [-0.2, 0) is 17.6 Å². The minimum absolute atomic E-state index is 0.0519. The van der Waals surface area contributed by atoms with E-state index in [2.05, 4.69) is 20.6 Å². The molecule has 1 saturated carbocycles. The molecule has 6 nitrogen and oxygen atoms in total. The molecule has 4 rings (SSSR count). The van der Waals surface area contributed by atoms with Gasteiger partial charge in [-0.3, -0.25) is 4.79 Å². The fraction of sp³-hybridized carbons (Fsp3) is 0.588. The smallest absolute Gasteiger partial charge is 0.317 e. The lowest BCUT2D eigenvalue weighted by Crippen LogP contribution is -2.39. The molecule has 0 aromatic carbocycles. The zero-order chi connectivity index (χ0) is 16.5. The van der Waals surface area contributed by atoms with Crippen molar-refractivity contribution in [1.29, 1.82) is 0 Å². The summed E-state index contributed by atoms with van der Waals surface area (Å²) < 4.78 is 0. The number of hydrogen-bond acceptors (Lipinski definition) is 6. The van der Waals surface area contributed by atoms with Gasteiger partial charge in [0.2, 0.25) is 0 Å². The lowest BCUT2D eigenvalue weighted by atomic mass is 9.91. The summed E-state index contributed by atoms with van der Waals surface area (Å²) in [6.07, 6.45) is 9.30. The first-order valence-corrected chi connectivity index (χ1v) is 9.49. The van der Waals surface area contributed by atoms with Gasteiger partial charge in [0.25, 0.3) is 0 Å². The van der Waals surface area contributed by atoms with Crippen LogP contribution in [0.1, 0.15) is 42.5 Å². The Balaban J connectivity index is 1.43. The molecule has 128 valence electrons. The second-order valence-electron chi connectivity index (χ2n) is 6.73. The van der Waals surface area contributed by atoms with Crippen LogP contribution in [0.3, 0.4) is 0 Å². The number of thiophene rings is 1. The first-order chi connectivity index (χ1) is 11.7. The van der Waals surface area contributed by atoms with Gasteiger partial charge >= 0.3 is 5.97 Å². The van der Waals surface area contributed by atoms with Crippen molar-refractivity contribution in [1.82, 2.24) is 15.3 Å². The van der Waals surface area contributed by atoms with E-state index in [0.29, 0.717) is 12.1 Å². The van der Waals surface area contributed by atoms with E-state index in [1.165, 1.54) is 28.7 Å². The van der Waals surface area contributed by atoms with Crippen LogP contribution in [0.15, 0.2) is 6.33 Å². The van der Waals surface area contributed by atoms with Gasteiger partial charge in [-0.1, -0.05) is 0 Å². The highest BCUT2D eigenvalue weighted by atomic mass is 32.1. The molecule has 2 aromatic rings. The predicted molar refractivity (Wildman–Crippen MR) is 94.7 cm³/mol. The van der Waals surface area contributed by atoms with E-state index < -0.39 is 5.97 Å². The fourth-order valence-electron chi connectivity index (χ4n) is 3.90. The fourth-order valence-corrected chi connectivity index (χ4v) is 5.13. The van der Waals surface area contributed by atoms with Crippen LogP contribution in [0.4, 0.5) is 5.82 Å². The van der Waals surface area contributed by atoms with Crippen LogP contribution < -0.4 is 10.6 Å². The first kappa shape index (κ1) is 15.8. The second-order valence-corrected chi connectivity index (χ2v) is 7.81. The molecule has 2 aromatic heterocycles. The monoisotopic (exact) mass is 346 g/mol. The highest BCUT2D eigenvalue weighted by Gasteiger charge is 2.25. The van der Waals surface area contributed by atoms with Crippen molar-refractivity contribution in [2.24, 2.45) is 0 Å². The average Bonchev–Trinajstić information content (AvgIpc) is 3.15. The molecule has 0 spiro atoms. The summed E-state index contributed by atoms with van der Waals surface area (Å²) in [5.74, 6) is 0.200. The van der Waals surface area contributed by atoms with E-state index in [1.807, 2.05) is 11.3 Å². The molecule has 0 amide bonds. The molecular formula is C17H22N4O2S. The number of nitrogens with one attached hydrogen (secondary N) is 2. The Morgan fingerprint density at radius 1 is 1.21 bits per heavy atom. The van der Waals surface area contributed by atoms with E-state index in [1.54, 1.807) is 6.33 Å². The Kier molecular flexibility index (Phi) is 4.37. The molecule has 0 atom stereocenters. The Bertz CT molecular complexity index is 752. The summed E-state index contributed by atoms with van der Waals surface area (Å²) in [5, 5.41) is 16.7. The van der Waals surface area contributed by atoms with Crippen molar-refractivity contribution >= 4 is 33.3 Å². The number of rotatable bonds is 5. The Labute approximate surface area is 144 Å². The van der Waals surface area contributed by atoms with Crippen LogP contribution in [0, 0.1) is 0 Å². The summed E-state index contributed by atoms with van der Waals surface area (Å²) in [4.78, 5) is 22.2. The van der Waals surface area contributed by atoms with Crippen molar-refractivity contribution < 1.29 is 9.90 Å². The zero-order valence-electron chi connectivity index (χ0n) is 13.5. The number of aliphatic carboxylic acids is 1. The van der Waals surface area contributed by atoms with Crippen molar-refractivity contribution in [3.8, 4) is 0 Å². The number of aromatic nitrogens is 2. The SMILES string of the molecule is O=C(O)CN[C@H]1CC[C@H](Nc2ncnc3sc4c(c23)CCC4)CC1. The summed E-state index contributed by atoms with van der Waals surface area (Å²) in [5.41, 5.74) is 1.45. The first-order valence-electron chi connectivity index (χ1n) is 8.67. The molecule has 7 heteroatoms. The minimum atomic E-state index is -0.787. The summed E-state index contributed by atoms with van der Waals surface area (Å²) >= 11 is 1.82. The Hall–Kier alpha value is -1.73. The Morgan fingerprint density at radius 2 is 2.00 bits per heavy atom. The molecule has 2 aliphatic rings. The lowest BCUT2D eigenvalue weighted by Gasteiger charge is -2.29. The minimum Gasteiger partial charge on any atom is -0.480 e. The van der Waals surface area contributed by atoms with Gasteiger partial charge < -0.3 is 15.7 Å². The van der Waals surface area contributed by atoms with Gasteiger partial charge in [0.15, 0.2) is 0 Å². The number of carboxylic acids is 1. The molecular weight excluding hydrogens is 324 g/mol. The maximum Gasteiger partial charge on any atom is 0.317 e. The summed E-state index contributed by atoms with van der Waals surface area (Å²) in [7, 11) is 0. The van der Waals surface area contributed by atoms with Crippen LogP contribution >= 0.6 is 11.3 Å². The van der Waals surface area contributed by atoms with Gasteiger partial charge in [-0.25, -0.2) is 9.97 Å². The molecule has 1 fully saturated rings. The van der Waals surface area contributed by atoms with E-state index >= 15 is 0 Å². The topological polar surface area (TPSA) is 87.1 Å². The standard InChI is InChI=1S/C17H22N4O2S/c22-14(23)8-18-10-4-6-11(7-5-10)21-16-15-12-2-1-3-13(12)24-17(15)20-9-19-16/h9-11,18H,1-8H2,(H,22,23)(H,19,20,21)/t10-,11-. The maximum absolute atomic E-state index is 10.7. The van der Waals surface area contributed by atoms with Gasteiger partial charge in [-0.15, -0.1) is 11.3 Å². The largest absolute Gasteiger partial charge is 0.480 e. The van der Waals surface area contributed by atoms with Gasteiger partial charge in [-0.05, 0) is 50.5 Å². The van der Waals surface area contributed by atoms with Gasteiger partial charge in [0.05, 0.1) is 11.9 Å². The molecule has 0 saturated heterocycles. The van der Waals surface area contributed by atoms with Crippen molar-refractivity contribution in [2.45, 2.75) is 57.0 Å². The highest BCUT2D eigenvalue weighted by Crippen LogP contribution is 2.39. The normalized spacial score (nSPS) is 23.3. The van der Waals surface area contributed by atoms with E-state index in [0.717, 1.165) is 42.8 Å². The van der Waals surface area contributed by atoms with E-state index in [9.17, 15) is 4.79 Å². The van der Waals surface area contributed by atoms with Gasteiger partial charge in [-0.2, -0.15) is 0 Å². The van der Waals surface area contributed by atoms with E-state index in [-0.39, 0.29) is 6.54 Å². The highest BCUT2D eigenvalue weighted by molar-refractivity contribution is 7.19. The van der Waals surface area contributed by atoms with Crippen LogP contribution in [-0.4, -0.2) is 39.7 Å². The number of aryl methyl sites for hydroxylation is 2. The average molecular weight is 346 g/mol. The van der Waals surface area contributed by atoms with Crippen LogP contribution in [0.2, 0.25) is 0 Å². The number of hydrogen-bond donors (Lipinski definition) is 3. The van der Waals surface area contributed by atoms with Gasteiger partial charge in [0.1, 0.15) is 17.0 Å². The lowest BCUT2D eigenvalue weighted by molar-refractivity contribution is -0.136. The van der Waals surface area contributed by atoms with Crippen molar-refractivity contribution in [2.75, 3.05) is 11.9 Å². The quantitative estimate of drug-likeness (QED) is 0.771. The molecule has 2 aliphatic carbocycles. The molecule has 0 bridgehead atoms. The van der Waals surface area contributed by atoms with Crippen molar-refractivity contribution in [3.05, 3.63) is 16.8 Å². The summed E-state index contributed by atoms with van der Waals surface area (Å²) in [6.45, 7) is 0.0519. The zero-order valence-corrected chi connectivity index (χ0v) is 14.4. The van der Waals surface area contributed by atoms with Gasteiger partial charge in [0, 0.05) is 17.0 Å². The number of nitrogens with zero attached hydrogens (tertiary/aromatic N) is 2.